The molecule has 77 valence electrons. The molecule has 0 aromatic rings. The Bertz CT molecular complexity index is 167. The molecule has 0 unspecified atom stereocenters. The smallest absolute Gasteiger partial charge is 0.300 e. The third-order valence-corrected chi connectivity index (χ3v) is 1.85. The number of ketones is 1. The Balaban J connectivity index is 3.49. The van der Waals surface area contributed by atoms with Gasteiger partial charge in [-0.1, -0.05) is 0 Å². The number of rotatable bonds is 5. The number of carbonyl (C=O) groups is 1. The Hall–Kier alpha value is -0.250. The molecule has 0 fully saturated rings. The molecule has 1 atom stereocenters. The Morgan fingerprint density at radius 3 is 2.46 bits per heavy atom. The summed E-state index contributed by atoms with van der Waals surface area (Å²) in [5, 5.41) is -1.83. The second kappa shape index (κ2) is 5.47. The van der Waals surface area contributed by atoms with Gasteiger partial charge in [0.05, 0.1) is 0 Å². The minimum absolute atomic E-state index is 0.0330. The van der Waals surface area contributed by atoms with Crippen molar-refractivity contribution in [1.82, 2.24) is 0 Å². The van der Waals surface area contributed by atoms with Crippen LogP contribution in [-0.4, -0.2) is 17.3 Å². The largest absolute Gasteiger partial charge is 0.404 e. The van der Waals surface area contributed by atoms with Crippen LogP contribution in [0.5, 0.6) is 0 Å². The number of alkyl halides is 4. The zero-order valence-electron chi connectivity index (χ0n) is 7.20. The number of hydrogen-bond donors (Lipinski definition) is 0. The van der Waals surface area contributed by atoms with Crippen LogP contribution in [0.2, 0.25) is 0 Å². The van der Waals surface area contributed by atoms with Gasteiger partial charge in [0.1, 0.15) is 11.2 Å². The molecule has 0 bridgehead atoms. The van der Waals surface area contributed by atoms with E-state index in [0.29, 0.717) is 6.42 Å². The van der Waals surface area contributed by atoms with Crippen molar-refractivity contribution in [2.24, 2.45) is 0 Å². The van der Waals surface area contributed by atoms with Crippen LogP contribution in [0.15, 0.2) is 0 Å². The van der Waals surface area contributed by atoms with E-state index in [1.165, 1.54) is 13.3 Å². The first-order chi connectivity index (χ1) is 5.84. The number of halogens is 4. The SMILES string of the molecule is CC(=O)CC[CH]C[C@H](Cl)C(F)(F)F. The van der Waals surface area contributed by atoms with Crippen molar-refractivity contribution in [3.8, 4) is 0 Å². The molecule has 0 aliphatic heterocycles. The Labute approximate surface area is 80.3 Å². The number of hydrogen-bond acceptors (Lipinski definition) is 1. The fraction of sp³-hybridized carbons (Fsp3) is 0.750. The molecule has 0 heterocycles. The van der Waals surface area contributed by atoms with Crippen LogP contribution in [0.3, 0.4) is 0 Å². The molecular weight excluding hydrogens is 205 g/mol. The van der Waals surface area contributed by atoms with E-state index in [1.54, 1.807) is 0 Å². The van der Waals surface area contributed by atoms with Crippen molar-refractivity contribution < 1.29 is 18.0 Å². The molecule has 0 rings (SSSR count). The normalized spacial score (nSPS) is 14.2. The minimum Gasteiger partial charge on any atom is -0.300 e. The van der Waals surface area contributed by atoms with E-state index >= 15 is 0 Å². The van der Waals surface area contributed by atoms with E-state index in [9.17, 15) is 18.0 Å². The van der Waals surface area contributed by atoms with E-state index in [1.807, 2.05) is 0 Å². The van der Waals surface area contributed by atoms with Crippen LogP contribution >= 0.6 is 11.6 Å². The molecule has 0 saturated heterocycles. The summed E-state index contributed by atoms with van der Waals surface area (Å²) in [5.41, 5.74) is 0. The van der Waals surface area contributed by atoms with E-state index < -0.39 is 11.6 Å². The second-order valence-corrected chi connectivity index (χ2v) is 3.30. The summed E-state index contributed by atoms with van der Waals surface area (Å²) in [6.07, 6.45) is -2.56. The zero-order valence-corrected chi connectivity index (χ0v) is 7.95. The molecule has 0 saturated carbocycles. The molecule has 0 aliphatic carbocycles. The van der Waals surface area contributed by atoms with Gasteiger partial charge in [-0.2, -0.15) is 13.2 Å². The van der Waals surface area contributed by atoms with Crippen LogP contribution in [0.25, 0.3) is 0 Å². The third-order valence-electron chi connectivity index (χ3n) is 1.43. The molecule has 5 heteroatoms. The highest BCUT2D eigenvalue weighted by molar-refractivity contribution is 6.21. The lowest BCUT2D eigenvalue weighted by atomic mass is 10.1. The summed E-state index contributed by atoms with van der Waals surface area (Å²) in [5.74, 6) is -0.0330. The Kier molecular flexibility index (Phi) is 5.37. The van der Waals surface area contributed by atoms with Gasteiger partial charge in [0.25, 0.3) is 0 Å². The fourth-order valence-electron chi connectivity index (χ4n) is 0.703. The van der Waals surface area contributed by atoms with E-state index in [-0.39, 0.29) is 18.6 Å². The molecule has 0 aromatic carbocycles. The maximum atomic E-state index is 11.8. The van der Waals surface area contributed by atoms with Crippen molar-refractivity contribution >= 4 is 17.4 Å². The van der Waals surface area contributed by atoms with Crippen molar-refractivity contribution in [3.63, 3.8) is 0 Å². The Morgan fingerprint density at radius 2 is 2.08 bits per heavy atom. The van der Waals surface area contributed by atoms with Gasteiger partial charge < -0.3 is 4.79 Å². The van der Waals surface area contributed by atoms with Gasteiger partial charge in [0, 0.05) is 6.42 Å². The maximum Gasteiger partial charge on any atom is 0.404 e. The Morgan fingerprint density at radius 1 is 1.54 bits per heavy atom. The summed E-state index contributed by atoms with van der Waals surface area (Å²) in [4.78, 5) is 10.4. The van der Waals surface area contributed by atoms with Crippen molar-refractivity contribution in [3.05, 3.63) is 6.42 Å². The lowest BCUT2D eigenvalue weighted by Crippen LogP contribution is -2.23. The van der Waals surface area contributed by atoms with Gasteiger partial charge in [0.15, 0.2) is 0 Å². The number of Topliss-reactive ketones (excluding diaryl/α,β-unsaturated/α-hetero) is 1. The molecule has 1 nitrogen and oxygen atoms in total. The van der Waals surface area contributed by atoms with Crippen molar-refractivity contribution in [1.29, 1.82) is 0 Å². The van der Waals surface area contributed by atoms with E-state index in [0.717, 1.165) is 0 Å². The summed E-state index contributed by atoms with van der Waals surface area (Å²) in [6, 6.07) is 0. The summed E-state index contributed by atoms with van der Waals surface area (Å²) >= 11 is 5.03. The number of unbranched alkanes of at least 4 members (excludes halogenated alkanes) is 1. The predicted molar refractivity (Wildman–Crippen MR) is 44.5 cm³/mol. The summed E-state index contributed by atoms with van der Waals surface area (Å²) in [7, 11) is 0. The topological polar surface area (TPSA) is 17.1 Å². The third kappa shape index (κ3) is 6.87. The minimum atomic E-state index is -4.35. The highest BCUT2D eigenvalue weighted by Gasteiger charge is 2.37. The monoisotopic (exact) mass is 215 g/mol. The molecule has 0 aromatic heterocycles. The standard InChI is InChI=1S/C8H11ClF3O/c1-6(13)4-2-3-5-7(9)8(10,11)12/h3,7H,2,4-5H2,1H3/t7-/m0/s1. The average molecular weight is 216 g/mol. The molecule has 13 heavy (non-hydrogen) atoms. The van der Waals surface area contributed by atoms with Crippen LogP contribution in [0, 0.1) is 6.42 Å². The lowest BCUT2D eigenvalue weighted by molar-refractivity contribution is -0.130. The first-order valence-electron chi connectivity index (χ1n) is 3.86. The van der Waals surface area contributed by atoms with Gasteiger partial charge in [0.2, 0.25) is 0 Å². The molecule has 0 N–H and O–H groups in total. The molecular formula is C8H11ClF3O. The van der Waals surface area contributed by atoms with Gasteiger partial charge >= 0.3 is 6.18 Å². The molecule has 1 radical (unpaired) electrons. The maximum absolute atomic E-state index is 11.8. The molecule has 0 spiro atoms. The second-order valence-electron chi connectivity index (χ2n) is 2.77. The van der Waals surface area contributed by atoms with Crippen LogP contribution in [0.4, 0.5) is 13.2 Å². The predicted octanol–water partition coefficient (Wildman–Crippen LogP) is 3.12. The molecule has 0 aliphatic rings. The zero-order chi connectivity index (χ0) is 10.5. The number of carbonyl (C=O) groups excluding carboxylic acids is 1. The summed E-state index contributed by atoms with van der Waals surface area (Å²) < 4.78 is 35.4. The van der Waals surface area contributed by atoms with Crippen LogP contribution in [-0.2, 0) is 4.79 Å². The van der Waals surface area contributed by atoms with E-state index in [4.69, 9.17) is 11.6 Å². The van der Waals surface area contributed by atoms with Crippen LogP contribution < -0.4 is 0 Å². The average Bonchev–Trinajstić information content (AvgIpc) is 1.95. The first kappa shape index (κ1) is 12.8. The highest BCUT2D eigenvalue weighted by atomic mass is 35.5. The van der Waals surface area contributed by atoms with Gasteiger partial charge in [-0.15, -0.1) is 11.6 Å². The quantitative estimate of drug-likeness (QED) is 0.509. The first-order valence-corrected chi connectivity index (χ1v) is 4.29. The van der Waals surface area contributed by atoms with E-state index in [2.05, 4.69) is 0 Å². The summed E-state index contributed by atoms with van der Waals surface area (Å²) in [6.45, 7) is 1.40. The van der Waals surface area contributed by atoms with Crippen molar-refractivity contribution in [2.45, 2.75) is 37.7 Å². The lowest BCUT2D eigenvalue weighted by Gasteiger charge is -2.12. The van der Waals surface area contributed by atoms with Crippen LogP contribution in [0.1, 0.15) is 26.2 Å². The van der Waals surface area contributed by atoms with Crippen molar-refractivity contribution in [2.75, 3.05) is 0 Å². The van der Waals surface area contributed by atoms with Gasteiger partial charge in [-0.3, -0.25) is 0 Å². The highest BCUT2D eigenvalue weighted by Crippen LogP contribution is 2.28. The molecule has 0 amide bonds. The van der Waals surface area contributed by atoms with Gasteiger partial charge in [-0.25, -0.2) is 0 Å². The van der Waals surface area contributed by atoms with Gasteiger partial charge in [-0.05, 0) is 26.2 Å². The fourth-order valence-corrected chi connectivity index (χ4v) is 0.829.